The van der Waals surface area contributed by atoms with Gasteiger partial charge in [-0.1, -0.05) is 260 Å². The smallest absolute Gasteiger partial charge is 0.306 e. The quantitative estimate of drug-likeness (QED) is 0.0344. The van der Waals surface area contributed by atoms with Crippen molar-refractivity contribution in [3.8, 4) is 0 Å². The summed E-state index contributed by atoms with van der Waals surface area (Å²) < 4.78 is 16.8. The summed E-state index contributed by atoms with van der Waals surface area (Å²) in [5.41, 5.74) is 0. The Bertz CT molecular complexity index is 947. The van der Waals surface area contributed by atoms with Gasteiger partial charge in [0.15, 0.2) is 6.10 Å². The van der Waals surface area contributed by atoms with Gasteiger partial charge in [-0.05, 0) is 37.0 Å². The number of carbonyl (C=O) groups is 3. The predicted molar refractivity (Wildman–Crippen MR) is 261 cm³/mol. The van der Waals surface area contributed by atoms with Crippen LogP contribution >= 0.6 is 0 Å². The van der Waals surface area contributed by atoms with Crippen molar-refractivity contribution in [2.75, 3.05) is 13.2 Å². The zero-order valence-electron chi connectivity index (χ0n) is 42.0. The standard InChI is InChI=1S/C55H106O6/c1-7-51(6)43-37-31-25-19-14-16-22-28-34-40-46-55(58)61-52(48-60-54(57)45-39-33-27-21-15-13-18-24-30-36-42-50(4)5)47-59-53(56)44-38-32-26-20-12-10-8-9-11-17-23-29-35-41-49(2)3/h49-52H,7-48H2,1-6H3/t51?,52-/m1/s1. The largest absolute Gasteiger partial charge is 0.462 e. The zero-order chi connectivity index (χ0) is 44.9. The molecule has 1 unspecified atom stereocenters. The van der Waals surface area contributed by atoms with E-state index in [2.05, 4.69) is 41.5 Å². The molecule has 0 aromatic heterocycles. The Balaban J connectivity index is 4.32. The SMILES string of the molecule is CCC(C)CCCCCCCCCCCCC(=O)O[C@H](COC(=O)CCCCCCCCCCCCCCCC(C)C)COC(=O)CCCCCCCCCCCCC(C)C. The minimum Gasteiger partial charge on any atom is -0.462 e. The molecule has 6 heteroatoms. The Kier molecular flexibility index (Phi) is 45.2. The van der Waals surface area contributed by atoms with E-state index < -0.39 is 6.10 Å². The maximum Gasteiger partial charge on any atom is 0.306 e. The summed E-state index contributed by atoms with van der Waals surface area (Å²) in [5, 5.41) is 0. The van der Waals surface area contributed by atoms with Crippen molar-refractivity contribution in [2.45, 2.75) is 304 Å². The van der Waals surface area contributed by atoms with Crippen molar-refractivity contribution in [1.82, 2.24) is 0 Å². The molecule has 0 bridgehead atoms. The molecular weight excluding hydrogens is 757 g/mol. The van der Waals surface area contributed by atoms with Crippen molar-refractivity contribution in [1.29, 1.82) is 0 Å². The second-order valence-electron chi connectivity index (χ2n) is 20.1. The van der Waals surface area contributed by atoms with E-state index in [-0.39, 0.29) is 31.1 Å². The molecule has 0 aliphatic carbocycles. The number of esters is 3. The first-order chi connectivity index (χ1) is 29.6. The number of unbranched alkanes of at least 4 members (excludes halogenated alkanes) is 30. The van der Waals surface area contributed by atoms with E-state index in [1.54, 1.807) is 0 Å². The minimum absolute atomic E-state index is 0.0643. The fraction of sp³-hybridized carbons (Fsp3) is 0.945. The van der Waals surface area contributed by atoms with E-state index in [4.69, 9.17) is 14.2 Å². The highest BCUT2D eigenvalue weighted by atomic mass is 16.6. The fourth-order valence-electron chi connectivity index (χ4n) is 8.26. The fourth-order valence-corrected chi connectivity index (χ4v) is 8.26. The molecule has 6 nitrogen and oxygen atoms in total. The number of rotatable bonds is 48. The molecule has 0 N–H and O–H groups in total. The molecule has 0 aliphatic heterocycles. The van der Waals surface area contributed by atoms with Crippen molar-refractivity contribution in [2.24, 2.45) is 17.8 Å². The van der Waals surface area contributed by atoms with E-state index in [0.29, 0.717) is 19.3 Å². The van der Waals surface area contributed by atoms with Crippen molar-refractivity contribution >= 4 is 17.9 Å². The lowest BCUT2D eigenvalue weighted by atomic mass is 9.99. The molecule has 61 heavy (non-hydrogen) atoms. The van der Waals surface area contributed by atoms with Gasteiger partial charge in [-0.15, -0.1) is 0 Å². The molecule has 0 fully saturated rings. The molecular formula is C55H106O6. The third-order valence-corrected chi connectivity index (χ3v) is 12.8. The van der Waals surface area contributed by atoms with Gasteiger partial charge in [-0.3, -0.25) is 14.4 Å². The third-order valence-electron chi connectivity index (χ3n) is 12.8. The van der Waals surface area contributed by atoms with Gasteiger partial charge < -0.3 is 14.2 Å². The minimum atomic E-state index is -0.763. The maximum atomic E-state index is 12.8. The van der Waals surface area contributed by atoms with Crippen LogP contribution in [0.5, 0.6) is 0 Å². The van der Waals surface area contributed by atoms with Gasteiger partial charge in [-0.25, -0.2) is 0 Å². The molecule has 0 saturated heterocycles. The maximum absolute atomic E-state index is 12.8. The summed E-state index contributed by atoms with van der Waals surface area (Å²) >= 11 is 0. The monoisotopic (exact) mass is 863 g/mol. The van der Waals surface area contributed by atoms with Crippen LogP contribution in [0.3, 0.4) is 0 Å². The van der Waals surface area contributed by atoms with Gasteiger partial charge >= 0.3 is 17.9 Å². The van der Waals surface area contributed by atoms with E-state index in [1.807, 2.05) is 0 Å². The van der Waals surface area contributed by atoms with Crippen LogP contribution in [0.2, 0.25) is 0 Å². The van der Waals surface area contributed by atoms with Crippen LogP contribution in [0.4, 0.5) is 0 Å². The molecule has 0 spiro atoms. The average Bonchev–Trinajstić information content (AvgIpc) is 3.23. The molecule has 0 aromatic rings. The van der Waals surface area contributed by atoms with Gasteiger partial charge in [0.25, 0.3) is 0 Å². The van der Waals surface area contributed by atoms with Gasteiger partial charge in [-0.2, -0.15) is 0 Å². The molecule has 0 aliphatic rings. The predicted octanol–water partition coefficient (Wildman–Crippen LogP) is 17.6. The number of hydrogen-bond donors (Lipinski definition) is 0. The highest BCUT2D eigenvalue weighted by Gasteiger charge is 2.19. The van der Waals surface area contributed by atoms with Crippen LogP contribution in [0.15, 0.2) is 0 Å². The Hall–Kier alpha value is -1.59. The third kappa shape index (κ3) is 47.7. The molecule has 0 radical (unpaired) electrons. The van der Waals surface area contributed by atoms with E-state index in [9.17, 15) is 14.4 Å². The Morgan fingerprint density at radius 2 is 0.574 bits per heavy atom. The van der Waals surface area contributed by atoms with Crippen LogP contribution in [-0.4, -0.2) is 37.2 Å². The topological polar surface area (TPSA) is 78.9 Å². The summed E-state index contributed by atoms with van der Waals surface area (Å²) in [7, 11) is 0. The molecule has 2 atom stereocenters. The van der Waals surface area contributed by atoms with Crippen LogP contribution in [-0.2, 0) is 28.6 Å². The summed E-state index contributed by atoms with van der Waals surface area (Å²) in [6, 6.07) is 0. The molecule has 362 valence electrons. The lowest BCUT2D eigenvalue weighted by Gasteiger charge is -2.18. The Labute approximate surface area is 380 Å². The molecule has 0 amide bonds. The number of carbonyl (C=O) groups excluding carboxylic acids is 3. The number of hydrogen-bond acceptors (Lipinski definition) is 6. The van der Waals surface area contributed by atoms with E-state index in [1.165, 1.54) is 180 Å². The van der Waals surface area contributed by atoms with E-state index in [0.717, 1.165) is 75.5 Å². The lowest BCUT2D eigenvalue weighted by molar-refractivity contribution is -0.167. The average molecular weight is 863 g/mol. The second-order valence-corrected chi connectivity index (χ2v) is 20.1. The van der Waals surface area contributed by atoms with Gasteiger partial charge in [0.1, 0.15) is 13.2 Å². The first-order valence-corrected chi connectivity index (χ1v) is 27.1. The second kappa shape index (κ2) is 46.4. The van der Waals surface area contributed by atoms with Gasteiger partial charge in [0.05, 0.1) is 0 Å². The zero-order valence-corrected chi connectivity index (χ0v) is 42.0. The Morgan fingerprint density at radius 1 is 0.328 bits per heavy atom. The molecule has 0 saturated carbocycles. The molecule has 0 aromatic carbocycles. The van der Waals surface area contributed by atoms with Crippen LogP contribution in [0.25, 0.3) is 0 Å². The summed E-state index contributed by atoms with van der Waals surface area (Å²) in [6.45, 7) is 13.8. The van der Waals surface area contributed by atoms with Gasteiger partial charge in [0.2, 0.25) is 0 Å². The van der Waals surface area contributed by atoms with Crippen molar-refractivity contribution in [3.05, 3.63) is 0 Å². The first kappa shape index (κ1) is 59.4. The highest BCUT2D eigenvalue weighted by molar-refractivity contribution is 5.71. The molecule has 0 heterocycles. The summed E-state index contributed by atoms with van der Waals surface area (Å²) in [5.74, 6) is 1.68. The Morgan fingerprint density at radius 3 is 0.852 bits per heavy atom. The number of ether oxygens (including phenoxy) is 3. The van der Waals surface area contributed by atoms with Crippen LogP contribution in [0, 0.1) is 17.8 Å². The van der Waals surface area contributed by atoms with Crippen LogP contribution in [0.1, 0.15) is 298 Å². The van der Waals surface area contributed by atoms with Gasteiger partial charge in [0, 0.05) is 19.3 Å². The van der Waals surface area contributed by atoms with Crippen LogP contribution < -0.4 is 0 Å². The highest BCUT2D eigenvalue weighted by Crippen LogP contribution is 2.18. The van der Waals surface area contributed by atoms with E-state index >= 15 is 0 Å². The summed E-state index contributed by atoms with van der Waals surface area (Å²) in [4.78, 5) is 38.0. The van der Waals surface area contributed by atoms with Crippen molar-refractivity contribution < 1.29 is 28.6 Å². The van der Waals surface area contributed by atoms with Crippen molar-refractivity contribution in [3.63, 3.8) is 0 Å². The molecule has 0 rings (SSSR count). The first-order valence-electron chi connectivity index (χ1n) is 27.1. The normalized spacial score (nSPS) is 12.6. The lowest BCUT2D eigenvalue weighted by Crippen LogP contribution is -2.30. The summed E-state index contributed by atoms with van der Waals surface area (Å²) in [6.07, 6.45) is 46.5.